The Kier molecular flexibility index (Phi) is 4.41. The van der Waals surface area contributed by atoms with Crippen LogP contribution < -0.4 is 4.74 Å². The van der Waals surface area contributed by atoms with Crippen molar-refractivity contribution in [1.29, 1.82) is 0 Å². The van der Waals surface area contributed by atoms with E-state index < -0.39 is 24.2 Å². The van der Waals surface area contributed by atoms with Crippen LogP contribution in [0.1, 0.15) is 22.3 Å². The van der Waals surface area contributed by atoms with E-state index in [1.54, 1.807) is 0 Å². The zero-order valence-corrected chi connectivity index (χ0v) is 13.6. The third-order valence-electron chi connectivity index (χ3n) is 3.96. The molecule has 0 fully saturated rings. The van der Waals surface area contributed by atoms with Gasteiger partial charge in [0.1, 0.15) is 5.75 Å². The van der Waals surface area contributed by atoms with Gasteiger partial charge in [0.25, 0.3) is 11.6 Å². The summed E-state index contributed by atoms with van der Waals surface area (Å²) in [5.74, 6) is -0.639. The number of halogens is 3. The van der Waals surface area contributed by atoms with Crippen molar-refractivity contribution >= 4 is 11.6 Å². The molecule has 0 saturated carbocycles. The molecule has 1 aromatic heterocycles. The number of hydrogen-bond acceptors (Lipinski definition) is 5. The molecule has 9 heteroatoms. The summed E-state index contributed by atoms with van der Waals surface area (Å²) in [6.45, 7) is 0. The van der Waals surface area contributed by atoms with Crippen molar-refractivity contribution < 1.29 is 27.8 Å². The van der Waals surface area contributed by atoms with E-state index in [-0.39, 0.29) is 16.3 Å². The highest BCUT2D eigenvalue weighted by atomic mass is 19.4. The van der Waals surface area contributed by atoms with Crippen LogP contribution in [0.5, 0.6) is 5.75 Å². The first kappa shape index (κ1) is 17.9. The molecule has 3 rings (SSSR count). The Bertz CT molecular complexity index is 838. The van der Waals surface area contributed by atoms with E-state index in [4.69, 9.17) is 4.74 Å². The summed E-state index contributed by atoms with van der Waals surface area (Å²) in [5, 5.41) is 14.1. The summed E-state index contributed by atoms with van der Waals surface area (Å²) in [5.41, 5.74) is -3.29. The van der Waals surface area contributed by atoms with Crippen LogP contribution in [0, 0.1) is 0 Å². The van der Waals surface area contributed by atoms with Crippen molar-refractivity contribution in [1.82, 2.24) is 9.99 Å². The molecule has 0 aliphatic carbocycles. The quantitative estimate of drug-likeness (QED) is 0.907. The fourth-order valence-corrected chi connectivity index (χ4v) is 2.53. The molecule has 1 aliphatic rings. The topological polar surface area (TPSA) is 75.0 Å². The molecule has 0 spiro atoms. The molecule has 6 nitrogen and oxygen atoms in total. The summed E-state index contributed by atoms with van der Waals surface area (Å²) in [6.07, 6.45) is -3.21. The lowest BCUT2D eigenvalue weighted by Gasteiger charge is -2.32. The number of nitrogens with zero attached hydrogens (tertiary/aromatic N) is 3. The van der Waals surface area contributed by atoms with Gasteiger partial charge in [0, 0.05) is 23.5 Å². The Morgan fingerprint density at radius 1 is 1.27 bits per heavy atom. The highest BCUT2D eigenvalue weighted by molar-refractivity contribution is 6.05. The third kappa shape index (κ3) is 3.01. The fraction of sp³-hybridized carbons (Fsp3) is 0.235. The number of pyridine rings is 1. The van der Waals surface area contributed by atoms with Gasteiger partial charge < -0.3 is 9.84 Å². The zero-order chi connectivity index (χ0) is 18.9. The Labute approximate surface area is 146 Å². The lowest BCUT2D eigenvalue weighted by atomic mass is 10.0. The van der Waals surface area contributed by atoms with Crippen molar-refractivity contribution in [3.8, 4) is 5.75 Å². The normalized spacial score (nSPS) is 20.0. The molecular weight excluding hydrogens is 351 g/mol. The summed E-state index contributed by atoms with van der Waals surface area (Å²) in [4.78, 5) is 16.4. The lowest BCUT2D eigenvalue weighted by Crippen LogP contribution is -2.56. The number of carbonyl (C=O) groups excluding carboxylic acids is 1. The molecule has 1 aromatic carbocycles. The Morgan fingerprint density at radius 3 is 2.50 bits per heavy atom. The Balaban J connectivity index is 2.01. The maximum Gasteiger partial charge on any atom is 0.438 e. The van der Waals surface area contributed by atoms with Crippen LogP contribution in [-0.2, 0) is 0 Å². The number of alkyl halides is 3. The zero-order valence-electron chi connectivity index (χ0n) is 13.6. The van der Waals surface area contributed by atoms with E-state index >= 15 is 0 Å². The number of ether oxygens (including phenoxy) is 1. The number of rotatable bonds is 3. The van der Waals surface area contributed by atoms with Crippen molar-refractivity contribution in [2.45, 2.75) is 18.3 Å². The van der Waals surface area contributed by atoms with Gasteiger partial charge in [-0.1, -0.05) is 6.07 Å². The molecule has 0 bridgehead atoms. The number of aliphatic hydroxyl groups is 1. The van der Waals surface area contributed by atoms with E-state index in [0.29, 0.717) is 11.3 Å². The van der Waals surface area contributed by atoms with Gasteiger partial charge in [0.2, 0.25) is 0 Å². The van der Waals surface area contributed by atoms with Gasteiger partial charge in [-0.25, -0.2) is 0 Å². The van der Waals surface area contributed by atoms with Gasteiger partial charge in [-0.3, -0.25) is 9.78 Å². The molecule has 1 N–H and O–H groups in total. The number of aromatic nitrogens is 1. The monoisotopic (exact) mass is 365 g/mol. The number of hydrazone groups is 1. The van der Waals surface area contributed by atoms with Crippen LogP contribution in [0.25, 0.3) is 0 Å². The van der Waals surface area contributed by atoms with E-state index in [0.717, 1.165) is 0 Å². The number of amides is 1. The molecule has 26 heavy (non-hydrogen) atoms. The first-order valence-corrected chi connectivity index (χ1v) is 7.52. The van der Waals surface area contributed by atoms with Gasteiger partial charge in [0.05, 0.1) is 19.2 Å². The van der Waals surface area contributed by atoms with E-state index in [1.807, 2.05) is 0 Å². The van der Waals surface area contributed by atoms with Gasteiger partial charge in [-0.2, -0.15) is 23.3 Å². The fourth-order valence-electron chi connectivity index (χ4n) is 2.53. The number of benzene rings is 1. The largest absolute Gasteiger partial charge is 0.497 e. The second kappa shape index (κ2) is 6.41. The standard InChI is InChI=1S/C17H14F3N3O3/c1-26-13-6-4-11(5-7-13)15(24)23-16(25,17(18,19)20)9-14(22-23)12-3-2-8-21-10-12/h2-8,10,25H,9H2,1H3/t16-/m1/s1. The molecule has 1 aliphatic heterocycles. The second-order valence-electron chi connectivity index (χ2n) is 5.62. The van der Waals surface area contributed by atoms with E-state index in [2.05, 4.69) is 10.1 Å². The molecule has 2 aromatic rings. The Morgan fingerprint density at radius 2 is 1.96 bits per heavy atom. The van der Waals surface area contributed by atoms with Crippen molar-refractivity contribution in [3.63, 3.8) is 0 Å². The Hall–Kier alpha value is -2.94. The molecule has 1 atom stereocenters. The number of carbonyl (C=O) groups is 1. The highest BCUT2D eigenvalue weighted by Gasteiger charge is 2.63. The van der Waals surface area contributed by atoms with Crippen LogP contribution in [0.15, 0.2) is 53.9 Å². The molecule has 136 valence electrons. The third-order valence-corrected chi connectivity index (χ3v) is 3.96. The van der Waals surface area contributed by atoms with Crippen molar-refractivity contribution in [3.05, 3.63) is 59.9 Å². The summed E-state index contributed by atoms with van der Waals surface area (Å²) < 4.78 is 45.5. The first-order chi connectivity index (χ1) is 12.3. The van der Waals surface area contributed by atoms with Crippen LogP contribution in [-0.4, -0.2) is 45.7 Å². The second-order valence-corrected chi connectivity index (χ2v) is 5.62. The van der Waals surface area contributed by atoms with Crippen molar-refractivity contribution in [2.24, 2.45) is 5.10 Å². The maximum absolute atomic E-state index is 13.5. The summed E-state index contributed by atoms with van der Waals surface area (Å²) in [7, 11) is 1.42. The van der Waals surface area contributed by atoms with Crippen LogP contribution >= 0.6 is 0 Å². The minimum absolute atomic E-state index is 0.0651. The predicted octanol–water partition coefficient (Wildman–Crippen LogP) is 2.59. The molecular formula is C17H14F3N3O3. The van der Waals surface area contributed by atoms with Gasteiger partial charge in [-0.05, 0) is 30.3 Å². The molecule has 0 radical (unpaired) electrons. The van der Waals surface area contributed by atoms with Crippen LogP contribution in [0.2, 0.25) is 0 Å². The summed E-state index contributed by atoms with van der Waals surface area (Å²) in [6, 6.07) is 8.50. The van der Waals surface area contributed by atoms with E-state index in [1.165, 1.54) is 55.9 Å². The molecule has 0 saturated heterocycles. The van der Waals surface area contributed by atoms with Gasteiger partial charge in [0.15, 0.2) is 0 Å². The predicted molar refractivity (Wildman–Crippen MR) is 85.6 cm³/mol. The van der Waals surface area contributed by atoms with Gasteiger partial charge >= 0.3 is 6.18 Å². The van der Waals surface area contributed by atoms with Crippen LogP contribution in [0.4, 0.5) is 13.2 Å². The maximum atomic E-state index is 13.5. The number of hydrogen-bond donors (Lipinski definition) is 1. The van der Waals surface area contributed by atoms with Crippen LogP contribution in [0.3, 0.4) is 0 Å². The van der Waals surface area contributed by atoms with Gasteiger partial charge in [-0.15, -0.1) is 0 Å². The highest BCUT2D eigenvalue weighted by Crippen LogP contribution is 2.41. The lowest BCUT2D eigenvalue weighted by molar-refractivity contribution is -0.297. The molecule has 2 heterocycles. The average Bonchev–Trinajstić information content (AvgIpc) is 3.01. The van der Waals surface area contributed by atoms with E-state index in [9.17, 15) is 23.1 Å². The minimum Gasteiger partial charge on any atom is -0.497 e. The minimum atomic E-state index is -5.09. The molecule has 1 amide bonds. The number of methoxy groups -OCH3 is 1. The molecule has 0 unspecified atom stereocenters. The smallest absolute Gasteiger partial charge is 0.438 e. The summed E-state index contributed by atoms with van der Waals surface area (Å²) >= 11 is 0. The SMILES string of the molecule is COc1ccc(C(=O)N2N=C(c3cccnc3)C[C@@]2(O)C(F)(F)F)cc1. The average molecular weight is 365 g/mol. The van der Waals surface area contributed by atoms with Crippen molar-refractivity contribution in [2.75, 3.05) is 7.11 Å². The first-order valence-electron chi connectivity index (χ1n) is 7.52.